The normalized spacial score (nSPS) is 20.4. The maximum absolute atomic E-state index is 8.90. The average molecular weight is 230 g/mol. The highest BCUT2D eigenvalue weighted by Crippen LogP contribution is 2.27. The molecule has 0 N–H and O–H groups in total. The molecule has 3 heteroatoms. The molecule has 0 saturated carbocycles. The van der Waals surface area contributed by atoms with Crippen LogP contribution in [-0.2, 0) is 4.74 Å². The second kappa shape index (κ2) is 5.81. The van der Waals surface area contributed by atoms with Gasteiger partial charge in [-0.05, 0) is 36.6 Å². The molecule has 1 saturated heterocycles. The van der Waals surface area contributed by atoms with Gasteiger partial charge in [0.1, 0.15) is 0 Å². The van der Waals surface area contributed by atoms with Gasteiger partial charge in [0.05, 0.1) is 18.2 Å². The van der Waals surface area contributed by atoms with Crippen LogP contribution >= 0.6 is 0 Å². The minimum absolute atomic E-state index is 0.570. The van der Waals surface area contributed by atoms with Crippen molar-refractivity contribution in [3.8, 4) is 6.07 Å². The molecule has 1 fully saturated rings. The smallest absolute Gasteiger partial charge is 0.0991 e. The van der Waals surface area contributed by atoms with E-state index in [1.807, 2.05) is 18.2 Å². The largest absolute Gasteiger partial charge is 0.383 e. The fraction of sp³-hybridized carbons (Fsp3) is 0.500. The van der Waals surface area contributed by atoms with E-state index < -0.39 is 0 Å². The van der Waals surface area contributed by atoms with E-state index in [1.54, 1.807) is 7.11 Å². The zero-order chi connectivity index (χ0) is 12.1. The van der Waals surface area contributed by atoms with Gasteiger partial charge in [-0.2, -0.15) is 5.26 Å². The topological polar surface area (TPSA) is 36.3 Å². The number of methoxy groups -OCH3 is 1. The molecule has 2 rings (SSSR count). The zero-order valence-corrected chi connectivity index (χ0v) is 10.2. The molecule has 17 heavy (non-hydrogen) atoms. The first-order valence-electron chi connectivity index (χ1n) is 6.05. The van der Waals surface area contributed by atoms with E-state index in [1.165, 1.54) is 12.0 Å². The van der Waals surface area contributed by atoms with Gasteiger partial charge in [0.2, 0.25) is 0 Å². The minimum Gasteiger partial charge on any atom is -0.383 e. The maximum Gasteiger partial charge on any atom is 0.0991 e. The summed E-state index contributed by atoms with van der Waals surface area (Å²) in [6.45, 7) is 4.01. The van der Waals surface area contributed by atoms with Crippen molar-refractivity contribution in [1.29, 1.82) is 5.26 Å². The molecule has 1 heterocycles. The number of rotatable bonds is 4. The Morgan fingerprint density at radius 3 is 3.18 bits per heavy atom. The molecular formula is C14H18N2O. The summed E-state index contributed by atoms with van der Waals surface area (Å²) < 4.78 is 5.10. The van der Waals surface area contributed by atoms with E-state index >= 15 is 0 Å². The number of likely N-dealkylation sites (tertiary alicyclic amines) is 1. The number of benzene rings is 1. The highest BCUT2D eigenvalue weighted by Gasteiger charge is 2.23. The number of ether oxygens (including phenoxy) is 1. The number of nitrogens with zero attached hydrogens (tertiary/aromatic N) is 2. The number of nitriles is 1. The lowest BCUT2D eigenvalue weighted by molar-refractivity contribution is 0.160. The second-order valence-electron chi connectivity index (χ2n) is 4.52. The molecule has 0 aliphatic carbocycles. The van der Waals surface area contributed by atoms with Gasteiger partial charge in [0, 0.05) is 20.2 Å². The van der Waals surface area contributed by atoms with Crippen molar-refractivity contribution < 1.29 is 4.74 Å². The summed E-state index contributed by atoms with van der Waals surface area (Å²) in [5.74, 6) is 0.570. The summed E-state index contributed by atoms with van der Waals surface area (Å²) in [4.78, 5) is 2.42. The van der Waals surface area contributed by atoms with Crippen LogP contribution in [0.1, 0.15) is 23.5 Å². The summed E-state index contributed by atoms with van der Waals surface area (Å²) in [5, 5.41) is 8.90. The van der Waals surface area contributed by atoms with Crippen molar-refractivity contribution in [3.63, 3.8) is 0 Å². The molecule has 0 bridgehead atoms. The molecule has 0 spiro atoms. The Labute approximate surface area is 103 Å². The molecule has 1 atom stereocenters. The van der Waals surface area contributed by atoms with Crippen LogP contribution in [0, 0.1) is 11.3 Å². The molecule has 90 valence electrons. The fourth-order valence-corrected chi connectivity index (χ4v) is 2.39. The van der Waals surface area contributed by atoms with Crippen molar-refractivity contribution in [2.75, 3.05) is 33.4 Å². The van der Waals surface area contributed by atoms with Gasteiger partial charge in [-0.3, -0.25) is 0 Å². The summed E-state index contributed by atoms with van der Waals surface area (Å²) >= 11 is 0. The van der Waals surface area contributed by atoms with Gasteiger partial charge in [-0.1, -0.05) is 12.1 Å². The third kappa shape index (κ3) is 3.06. The third-order valence-electron chi connectivity index (χ3n) is 3.37. The van der Waals surface area contributed by atoms with Crippen molar-refractivity contribution in [3.05, 3.63) is 35.4 Å². The third-order valence-corrected chi connectivity index (χ3v) is 3.37. The van der Waals surface area contributed by atoms with Crippen LogP contribution < -0.4 is 0 Å². The monoisotopic (exact) mass is 230 g/mol. The van der Waals surface area contributed by atoms with Crippen LogP contribution in [0.5, 0.6) is 0 Å². The Kier molecular flexibility index (Phi) is 4.13. The van der Waals surface area contributed by atoms with E-state index in [2.05, 4.69) is 17.0 Å². The van der Waals surface area contributed by atoms with Crippen molar-refractivity contribution in [1.82, 2.24) is 4.90 Å². The molecule has 1 aromatic rings. The van der Waals surface area contributed by atoms with Crippen LogP contribution in [-0.4, -0.2) is 38.3 Å². The first-order valence-corrected chi connectivity index (χ1v) is 6.05. The maximum atomic E-state index is 8.90. The van der Waals surface area contributed by atoms with E-state index in [-0.39, 0.29) is 0 Å². The Morgan fingerprint density at radius 1 is 1.53 bits per heavy atom. The lowest BCUT2D eigenvalue weighted by Crippen LogP contribution is -2.24. The molecule has 0 radical (unpaired) electrons. The van der Waals surface area contributed by atoms with Gasteiger partial charge in [-0.25, -0.2) is 0 Å². The van der Waals surface area contributed by atoms with Crippen molar-refractivity contribution >= 4 is 0 Å². The zero-order valence-electron chi connectivity index (χ0n) is 10.2. The van der Waals surface area contributed by atoms with Crippen molar-refractivity contribution in [2.24, 2.45) is 0 Å². The Hall–Kier alpha value is -1.37. The predicted molar refractivity (Wildman–Crippen MR) is 66.8 cm³/mol. The quantitative estimate of drug-likeness (QED) is 0.793. The van der Waals surface area contributed by atoms with Gasteiger partial charge in [0.25, 0.3) is 0 Å². The number of hydrogen-bond acceptors (Lipinski definition) is 3. The highest BCUT2D eigenvalue weighted by atomic mass is 16.5. The lowest BCUT2D eigenvalue weighted by Gasteiger charge is -2.15. The molecule has 1 aliphatic heterocycles. The molecule has 1 aromatic carbocycles. The number of hydrogen-bond donors (Lipinski definition) is 0. The van der Waals surface area contributed by atoms with Gasteiger partial charge >= 0.3 is 0 Å². The second-order valence-corrected chi connectivity index (χ2v) is 4.52. The molecule has 0 aromatic heterocycles. The standard InChI is InChI=1S/C14H18N2O/c1-17-8-7-16-6-5-14(11-16)13-4-2-3-12(9-13)10-15/h2-4,9,14H,5-8,11H2,1H3/t14-/m0/s1. The molecule has 0 amide bonds. The molecule has 1 aliphatic rings. The predicted octanol–water partition coefficient (Wildman–Crippen LogP) is 1.99. The summed E-state index contributed by atoms with van der Waals surface area (Å²) in [6.07, 6.45) is 1.18. The van der Waals surface area contributed by atoms with Crippen LogP contribution in [0.2, 0.25) is 0 Å². The molecular weight excluding hydrogens is 212 g/mol. The lowest BCUT2D eigenvalue weighted by atomic mass is 9.97. The SMILES string of the molecule is COCCN1CC[C@H](c2cccc(C#N)c2)C1. The van der Waals surface area contributed by atoms with Crippen LogP contribution in [0.25, 0.3) is 0 Å². The van der Waals surface area contributed by atoms with Gasteiger partial charge < -0.3 is 9.64 Å². The highest BCUT2D eigenvalue weighted by molar-refractivity contribution is 5.34. The Balaban J connectivity index is 1.97. The Bertz CT molecular complexity index is 411. The first-order chi connectivity index (χ1) is 8.33. The summed E-state index contributed by atoms with van der Waals surface area (Å²) in [5.41, 5.74) is 2.06. The van der Waals surface area contributed by atoms with Crippen LogP contribution in [0.4, 0.5) is 0 Å². The van der Waals surface area contributed by atoms with Crippen molar-refractivity contribution in [2.45, 2.75) is 12.3 Å². The summed E-state index contributed by atoms with van der Waals surface area (Å²) in [7, 11) is 1.74. The van der Waals surface area contributed by atoms with E-state index in [0.29, 0.717) is 5.92 Å². The van der Waals surface area contributed by atoms with Crippen LogP contribution in [0.15, 0.2) is 24.3 Å². The van der Waals surface area contributed by atoms with Gasteiger partial charge in [-0.15, -0.1) is 0 Å². The molecule has 0 unspecified atom stereocenters. The average Bonchev–Trinajstić information content (AvgIpc) is 2.85. The Morgan fingerprint density at radius 2 is 2.41 bits per heavy atom. The van der Waals surface area contributed by atoms with E-state index in [0.717, 1.165) is 31.8 Å². The first kappa shape index (κ1) is 12.1. The summed E-state index contributed by atoms with van der Waals surface area (Å²) in [6, 6.07) is 10.2. The molecule has 3 nitrogen and oxygen atoms in total. The minimum atomic E-state index is 0.570. The fourth-order valence-electron chi connectivity index (χ4n) is 2.39. The van der Waals surface area contributed by atoms with E-state index in [4.69, 9.17) is 10.00 Å². The van der Waals surface area contributed by atoms with Gasteiger partial charge in [0.15, 0.2) is 0 Å². The van der Waals surface area contributed by atoms with Crippen LogP contribution in [0.3, 0.4) is 0 Å². The van der Waals surface area contributed by atoms with E-state index in [9.17, 15) is 0 Å².